The van der Waals surface area contributed by atoms with E-state index in [1.54, 1.807) is 12.4 Å². The van der Waals surface area contributed by atoms with Crippen molar-refractivity contribution in [2.45, 2.75) is 26.5 Å². The lowest BCUT2D eigenvalue weighted by molar-refractivity contribution is 0.292. The maximum absolute atomic E-state index is 5.92. The van der Waals surface area contributed by atoms with Crippen LogP contribution in [0.2, 0.25) is 5.02 Å². The summed E-state index contributed by atoms with van der Waals surface area (Å²) in [6.07, 6.45) is 4.48. The van der Waals surface area contributed by atoms with E-state index >= 15 is 0 Å². The van der Waals surface area contributed by atoms with E-state index in [0.29, 0.717) is 17.5 Å². The molecule has 0 unspecified atom stereocenters. The summed E-state index contributed by atoms with van der Waals surface area (Å²) in [7, 11) is 0. The third-order valence-corrected chi connectivity index (χ3v) is 2.93. The second-order valence-electron chi connectivity index (χ2n) is 4.44. The molecule has 0 bridgehead atoms. The molecule has 20 heavy (non-hydrogen) atoms. The summed E-state index contributed by atoms with van der Waals surface area (Å²) in [6.45, 7) is 4.28. The predicted octanol–water partition coefficient (Wildman–Crippen LogP) is 3.21. The van der Waals surface area contributed by atoms with E-state index in [9.17, 15) is 0 Å². The zero-order chi connectivity index (χ0) is 14.2. The number of nitrogens with zero attached hydrogens (tertiary/aromatic N) is 2. The molecular weight excluding hydrogens is 274 g/mol. The topological polar surface area (TPSA) is 47.0 Å². The van der Waals surface area contributed by atoms with E-state index in [1.807, 2.05) is 24.3 Å². The van der Waals surface area contributed by atoms with E-state index in [-0.39, 0.29) is 0 Å². The minimum Gasteiger partial charge on any atom is -0.472 e. The van der Waals surface area contributed by atoms with Crippen LogP contribution in [-0.2, 0) is 13.2 Å². The van der Waals surface area contributed by atoms with Crippen LogP contribution in [0.5, 0.6) is 5.88 Å². The Morgan fingerprint density at radius 3 is 2.85 bits per heavy atom. The van der Waals surface area contributed by atoms with Crippen molar-refractivity contribution in [1.29, 1.82) is 0 Å². The van der Waals surface area contributed by atoms with Gasteiger partial charge in [-0.3, -0.25) is 4.98 Å². The van der Waals surface area contributed by atoms with Crippen LogP contribution in [0.25, 0.3) is 0 Å². The number of hydrogen-bond donors (Lipinski definition) is 1. The van der Waals surface area contributed by atoms with Crippen LogP contribution in [0.15, 0.2) is 36.7 Å². The second-order valence-corrected chi connectivity index (χ2v) is 4.88. The summed E-state index contributed by atoms with van der Waals surface area (Å²) >= 11 is 5.92. The fraction of sp³-hybridized carbons (Fsp3) is 0.333. The third-order valence-electron chi connectivity index (χ3n) is 2.69. The Hall–Kier alpha value is -1.65. The highest BCUT2D eigenvalue weighted by Gasteiger charge is 2.00. The zero-order valence-corrected chi connectivity index (χ0v) is 12.2. The lowest BCUT2D eigenvalue weighted by atomic mass is 10.2. The highest BCUT2D eigenvalue weighted by molar-refractivity contribution is 6.30. The third kappa shape index (κ3) is 4.79. The number of hydrogen-bond acceptors (Lipinski definition) is 4. The number of aromatic nitrogens is 2. The highest BCUT2D eigenvalue weighted by Crippen LogP contribution is 2.13. The summed E-state index contributed by atoms with van der Waals surface area (Å²) in [5, 5.41) is 3.98. The van der Waals surface area contributed by atoms with Crippen molar-refractivity contribution < 1.29 is 4.74 Å². The van der Waals surface area contributed by atoms with E-state index in [4.69, 9.17) is 16.3 Å². The van der Waals surface area contributed by atoms with E-state index < -0.39 is 0 Å². The van der Waals surface area contributed by atoms with Gasteiger partial charge in [0.2, 0.25) is 5.88 Å². The van der Waals surface area contributed by atoms with Crippen molar-refractivity contribution in [3.63, 3.8) is 0 Å². The average molecular weight is 292 g/mol. The van der Waals surface area contributed by atoms with Crippen molar-refractivity contribution in [2.24, 2.45) is 0 Å². The van der Waals surface area contributed by atoms with E-state index in [0.717, 1.165) is 30.8 Å². The molecule has 0 aliphatic rings. The van der Waals surface area contributed by atoms with Crippen molar-refractivity contribution >= 4 is 11.6 Å². The molecule has 106 valence electrons. The van der Waals surface area contributed by atoms with Gasteiger partial charge in [-0.05, 0) is 30.7 Å². The summed E-state index contributed by atoms with van der Waals surface area (Å²) in [5.74, 6) is 0.518. The number of ether oxygens (including phenoxy) is 1. The van der Waals surface area contributed by atoms with Crippen molar-refractivity contribution in [3.05, 3.63) is 52.9 Å². The molecule has 0 aliphatic heterocycles. The van der Waals surface area contributed by atoms with Gasteiger partial charge in [-0.2, -0.15) is 0 Å². The summed E-state index contributed by atoms with van der Waals surface area (Å²) in [6, 6.07) is 7.57. The van der Waals surface area contributed by atoms with Gasteiger partial charge >= 0.3 is 0 Å². The Bertz CT molecular complexity index is 531. The van der Waals surface area contributed by atoms with E-state index in [1.165, 1.54) is 0 Å². The van der Waals surface area contributed by atoms with Gasteiger partial charge in [0.25, 0.3) is 0 Å². The normalized spacial score (nSPS) is 10.5. The van der Waals surface area contributed by atoms with Gasteiger partial charge < -0.3 is 10.1 Å². The first-order valence-corrected chi connectivity index (χ1v) is 7.04. The van der Waals surface area contributed by atoms with Gasteiger partial charge in [-0.1, -0.05) is 30.7 Å². The van der Waals surface area contributed by atoms with Crippen molar-refractivity contribution in [2.75, 3.05) is 6.54 Å². The van der Waals surface area contributed by atoms with Crippen LogP contribution in [0.4, 0.5) is 0 Å². The van der Waals surface area contributed by atoms with E-state index in [2.05, 4.69) is 22.2 Å². The fourth-order valence-electron chi connectivity index (χ4n) is 1.69. The number of halogens is 1. The SMILES string of the molecule is CCCNCc1cnc(OCc2cccc(Cl)c2)cn1. The molecule has 0 amide bonds. The average Bonchev–Trinajstić information content (AvgIpc) is 2.47. The molecule has 4 nitrogen and oxygen atoms in total. The molecule has 0 saturated heterocycles. The molecule has 1 heterocycles. The first-order chi connectivity index (χ1) is 9.78. The summed E-state index contributed by atoms with van der Waals surface area (Å²) < 4.78 is 5.58. The first-order valence-electron chi connectivity index (χ1n) is 6.67. The van der Waals surface area contributed by atoms with Gasteiger partial charge in [-0.15, -0.1) is 0 Å². The molecule has 1 aromatic heterocycles. The molecule has 5 heteroatoms. The summed E-state index contributed by atoms with van der Waals surface area (Å²) in [4.78, 5) is 8.54. The van der Waals surface area contributed by atoms with Gasteiger partial charge in [-0.25, -0.2) is 4.98 Å². The monoisotopic (exact) mass is 291 g/mol. The molecular formula is C15H18ClN3O. The van der Waals surface area contributed by atoms with Crippen LogP contribution >= 0.6 is 11.6 Å². The largest absolute Gasteiger partial charge is 0.472 e. The Morgan fingerprint density at radius 1 is 1.25 bits per heavy atom. The minimum absolute atomic E-state index is 0.433. The second kappa shape index (κ2) is 7.82. The van der Waals surface area contributed by atoms with Gasteiger partial charge in [0.05, 0.1) is 18.1 Å². The molecule has 0 radical (unpaired) electrons. The predicted molar refractivity (Wildman–Crippen MR) is 79.8 cm³/mol. The fourth-order valence-corrected chi connectivity index (χ4v) is 1.90. The number of nitrogens with one attached hydrogen (secondary N) is 1. The zero-order valence-electron chi connectivity index (χ0n) is 11.5. The lowest BCUT2D eigenvalue weighted by Gasteiger charge is -2.06. The lowest BCUT2D eigenvalue weighted by Crippen LogP contribution is -2.15. The highest BCUT2D eigenvalue weighted by atomic mass is 35.5. The Balaban J connectivity index is 1.84. The van der Waals surface area contributed by atoms with Gasteiger partial charge in [0, 0.05) is 11.6 Å². The molecule has 0 spiro atoms. The molecule has 0 atom stereocenters. The maximum atomic E-state index is 5.92. The first kappa shape index (κ1) is 14.8. The standard InChI is InChI=1S/C15H18ClN3O/c1-2-6-17-8-14-9-19-15(10-18-14)20-11-12-4-3-5-13(16)7-12/h3-5,7,9-10,17H,2,6,8,11H2,1H3. The van der Waals surface area contributed by atoms with Crippen LogP contribution < -0.4 is 10.1 Å². The van der Waals surface area contributed by atoms with Crippen LogP contribution in [0.3, 0.4) is 0 Å². The molecule has 1 N–H and O–H groups in total. The minimum atomic E-state index is 0.433. The molecule has 0 aliphatic carbocycles. The Morgan fingerprint density at radius 2 is 2.15 bits per heavy atom. The molecule has 1 aromatic carbocycles. The van der Waals surface area contributed by atoms with Gasteiger partial charge in [0.1, 0.15) is 6.61 Å². The number of rotatable bonds is 7. The van der Waals surface area contributed by atoms with Gasteiger partial charge in [0.15, 0.2) is 0 Å². The molecule has 2 aromatic rings. The Kier molecular flexibility index (Phi) is 5.77. The Labute approximate surface area is 124 Å². The van der Waals surface area contributed by atoms with Crippen molar-refractivity contribution in [1.82, 2.24) is 15.3 Å². The smallest absolute Gasteiger partial charge is 0.232 e. The van der Waals surface area contributed by atoms with Crippen molar-refractivity contribution in [3.8, 4) is 5.88 Å². The molecule has 2 rings (SSSR count). The van der Waals surface area contributed by atoms with Crippen LogP contribution in [0, 0.1) is 0 Å². The maximum Gasteiger partial charge on any atom is 0.232 e. The quantitative estimate of drug-likeness (QED) is 0.796. The number of benzene rings is 1. The van der Waals surface area contributed by atoms with Crippen LogP contribution in [0.1, 0.15) is 24.6 Å². The summed E-state index contributed by atoms with van der Waals surface area (Å²) in [5.41, 5.74) is 1.92. The van der Waals surface area contributed by atoms with Crippen LogP contribution in [-0.4, -0.2) is 16.5 Å². The molecule has 0 fully saturated rings. The molecule has 0 saturated carbocycles.